The lowest BCUT2D eigenvalue weighted by molar-refractivity contribution is -0.137. The maximum absolute atomic E-state index is 12.6. The summed E-state index contributed by atoms with van der Waals surface area (Å²) in [5.74, 6) is -0.954. The molecule has 0 aliphatic rings. The number of likely N-dealkylation sites (N-methyl/N-ethyl adjacent to an activating group) is 1. The minimum atomic E-state index is -4.55. The van der Waals surface area contributed by atoms with Gasteiger partial charge >= 0.3 is 6.18 Å². The van der Waals surface area contributed by atoms with Gasteiger partial charge in [0.1, 0.15) is 12.4 Å². The maximum Gasteiger partial charge on any atom is 0.416 e. The smallest absolute Gasteiger partial charge is 0.416 e. The summed E-state index contributed by atoms with van der Waals surface area (Å²) in [6.45, 7) is 3.33. The van der Waals surface area contributed by atoms with Crippen LogP contribution in [0.2, 0.25) is 0 Å². The van der Waals surface area contributed by atoms with Crippen LogP contribution < -0.4 is 15.8 Å². The molecule has 4 nitrogen and oxygen atoms in total. The van der Waals surface area contributed by atoms with E-state index < -0.39 is 17.6 Å². The molecule has 0 saturated carbocycles. The molecule has 0 spiro atoms. The van der Waals surface area contributed by atoms with E-state index in [1.54, 1.807) is 0 Å². The molecule has 0 aliphatic heterocycles. The summed E-state index contributed by atoms with van der Waals surface area (Å²) >= 11 is 0. The van der Waals surface area contributed by atoms with Crippen LogP contribution in [0, 0.1) is 0 Å². The van der Waals surface area contributed by atoms with Crippen molar-refractivity contribution in [3.05, 3.63) is 29.3 Å². The first-order valence-electron chi connectivity index (χ1n) is 5.70. The fourth-order valence-corrected chi connectivity index (χ4v) is 1.41. The molecule has 0 unspecified atom stereocenters. The number of ether oxygens (including phenoxy) is 1. The molecule has 1 amide bonds. The Labute approximate surface area is 108 Å². The number of hydrogen-bond acceptors (Lipinski definition) is 3. The van der Waals surface area contributed by atoms with Gasteiger partial charge in [0, 0.05) is 12.1 Å². The van der Waals surface area contributed by atoms with Gasteiger partial charge in [-0.25, -0.2) is 0 Å². The average molecular weight is 276 g/mol. The molecule has 1 rings (SSSR count). The summed E-state index contributed by atoms with van der Waals surface area (Å²) in [5, 5.41) is 2.96. The highest BCUT2D eigenvalue weighted by Gasteiger charge is 2.31. The second-order valence-corrected chi connectivity index (χ2v) is 3.81. The van der Waals surface area contributed by atoms with Gasteiger partial charge in [0.2, 0.25) is 5.91 Å². The number of carbonyl (C=O) groups excluding carboxylic acids is 1. The maximum atomic E-state index is 12.6. The van der Waals surface area contributed by atoms with E-state index in [1.807, 2.05) is 6.92 Å². The molecule has 0 saturated heterocycles. The van der Waals surface area contributed by atoms with Gasteiger partial charge in [0.25, 0.3) is 0 Å². The van der Waals surface area contributed by atoms with Crippen molar-refractivity contribution in [1.82, 2.24) is 5.32 Å². The summed E-state index contributed by atoms with van der Waals surface area (Å²) in [4.78, 5) is 11.0. The van der Waals surface area contributed by atoms with Crippen molar-refractivity contribution in [2.24, 2.45) is 5.73 Å². The van der Waals surface area contributed by atoms with Gasteiger partial charge in [-0.15, -0.1) is 0 Å². The van der Waals surface area contributed by atoms with Crippen LogP contribution in [-0.4, -0.2) is 25.6 Å². The van der Waals surface area contributed by atoms with Crippen molar-refractivity contribution in [3.63, 3.8) is 0 Å². The zero-order valence-electron chi connectivity index (χ0n) is 10.4. The summed E-state index contributed by atoms with van der Waals surface area (Å²) in [7, 11) is 0. The van der Waals surface area contributed by atoms with E-state index in [0.29, 0.717) is 12.6 Å². The first-order valence-corrected chi connectivity index (χ1v) is 5.70. The van der Waals surface area contributed by atoms with Gasteiger partial charge in [0.15, 0.2) is 0 Å². The van der Waals surface area contributed by atoms with Crippen molar-refractivity contribution in [3.8, 4) is 5.75 Å². The van der Waals surface area contributed by atoms with Crippen LogP contribution in [0.1, 0.15) is 22.8 Å². The van der Waals surface area contributed by atoms with E-state index in [1.165, 1.54) is 6.07 Å². The van der Waals surface area contributed by atoms with Crippen molar-refractivity contribution >= 4 is 5.91 Å². The molecule has 0 bridgehead atoms. The van der Waals surface area contributed by atoms with Crippen molar-refractivity contribution in [2.45, 2.75) is 13.1 Å². The first kappa shape index (κ1) is 15.3. The molecular formula is C12H15F3N2O2. The number of benzene rings is 1. The number of halogens is 3. The lowest BCUT2D eigenvalue weighted by Gasteiger charge is -2.12. The van der Waals surface area contributed by atoms with E-state index in [4.69, 9.17) is 10.5 Å². The fraction of sp³-hybridized carbons (Fsp3) is 0.417. The lowest BCUT2D eigenvalue weighted by atomic mass is 10.1. The van der Waals surface area contributed by atoms with Crippen LogP contribution in [0.3, 0.4) is 0 Å². The molecule has 0 aliphatic carbocycles. The number of alkyl halides is 3. The van der Waals surface area contributed by atoms with Gasteiger partial charge in [-0.1, -0.05) is 6.92 Å². The molecule has 0 heterocycles. The number of amides is 1. The lowest BCUT2D eigenvalue weighted by Crippen LogP contribution is -2.20. The zero-order valence-corrected chi connectivity index (χ0v) is 10.4. The standard InChI is InChI=1S/C12H15F3N2O2/c1-2-17-3-4-19-10-6-8(11(16)18)5-9(7-10)12(13,14)15/h5-7,17H,2-4H2,1H3,(H2,16,18). The Balaban J connectivity index is 2.91. The highest BCUT2D eigenvalue weighted by molar-refractivity contribution is 5.93. The number of carbonyl (C=O) groups is 1. The predicted octanol–water partition coefficient (Wildman–Crippen LogP) is 1.79. The molecule has 0 atom stereocenters. The van der Waals surface area contributed by atoms with E-state index in [0.717, 1.165) is 12.6 Å². The third-order valence-corrected chi connectivity index (χ3v) is 2.32. The largest absolute Gasteiger partial charge is 0.492 e. The molecule has 0 aromatic heterocycles. The number of hydrogen-bond donors (Lipinski definition) is 2. The quantitative estimate of drug-likeness (QED) is 0.779. The normalized spacial score (nSPS) is 11.4. The molecule has 0 radical (unpaired) electrons. The Morgan fingerprint density at radius 2 is 2.05 bits per heavy atom. The van der Waals surface area contributed by atoms with Gasteiger partial charge in [0.05, 0.1) is 5.56 Å². The van der Waals surface area contributed by atoms with E-state index in [9.17, 15) is 18.0 Å². The van der Waals surface area contributed by atoms with Crippen molar-refractivity contribution in [2.75, 3.05) is 19.7 Å². The third-order valence-electron chi connectivity index (χ3n) is 2.32. The number of primary amides is 1. The average Bonchev–Trinajstić information content (AvgIpc) is 2.33. The summed E-state index contributed by atoms with van der Waals surface area (Å²) in [5.41, 5.74) is 3.81. The highest BCUT2D eigenvalue weighted by atomic mass is 19.4. The second kappa shape index (κ2) is 6.42. The van der Waals surface area contributed by atoms with E-state index in [2.05, 4.69) is 5.32 Å². The van der Waals surface area contributed by atoms with E-state index in [-0.39, 0.29) is 17.9 Å². The SMILES string of the molecule is CCNCCOc1cc(C(N)=O)cc(C(F)(F)F)c1. The fourth-order valence-electron chi connectivity index (χ4n) is 1.41. The summed E-state index contributed by atoms with van der Waals surface area (Å²) in [6, 6.07) is 2.75. The Kier molecular flexibility index (Phi) is 5.17. The number of nitrogens with one attached hydrogen (secondary N) is 1. The van der Waals surface area contributed by atoms with Crippen LogP contribution >= 0.6 is 0 Å². The van der Waals surface area contributed by atoms with Crippen LogP contribution in [0.5, 0.6) is 5.75 Å². The molecular weight excluding hydrogens is 261 g/mol. The Morgan fingerprint density at radius 1 is 1.37 bits per heavy atom. The van der Waals surface area contributed by atoms with Crippen LogP contribution in [0.15, 0.2) is 18.2 Å². The zero-order chi connectivity index (χ0) is 14.5. The molecule has 106 valence electrons. The van der Waals surface area contributed by atoms with Gasteiger partial charge in [-0.05, 0) is 24.7 Å². The monoisotopic (exact) mass is 276 g/mol. The number of rotatable bonds is 6. The van der Waals surface area contributed by atoms with Gasteiger partial charge in [-0.2, -0.15) is 13.2 Å². The Bertz CT molecular complexity index is 447. The van der Waals surface area contributed by atoms with Crippen molar-refractivity contribution in [1.29, 1.82) is 0 Å². The molecule has 1 aromatic rings. The molecule has 7 heteroatoms. The molecule has 0 fully saturated rings. The van der Waals surface area contributed by atoms with Crippen LogP contribution in [0.25, 0.3) is 0 Å². The summed E-state index contributed by atoms with van der Waals surface area (Å²) in [6.07, 6.45) is -4.55. The number of nitrogens with two attached hydrogens (primary N) is 1. The minimum absolute atomic E-state index is 0.0264. The minimum Gasteiger partial charge on any atom is -0.492 e. The second-order valence-electron chi connectivity index (χ2n) is 3.81. The van der Waals surface area contributed by atoms with Gasteiger partial charge < -0.3 is 15.8 Å². The van der Waals surface area contributed by atoms with Crippen LogP contribution in [0.4, 0.5) is 13.2 Å². The molecule has 1 aromatic carbocycles. The predicted molar refractivity (Wildman–Crippen MR) is 64.0 cm³/mol. The molecule has 19 heavy (non-hydrogen) atoms. The van der Waals surface area contributed by atoms with Crippen LogP contribution in [-0.2, 0) is 6.18 Å². The van der Waals surface area contributed by atoms with Gasteiger partial charge in [-0.3, -0.25) is 4.79 Å². The topological polar surface area (TPSA) is 64.3 Å². The Morgan fingerprint density at radius 3 is 2.58 bits per heavy atom. The Hall–Kier alpha value is -1.76. The first-order chi connectivity index (χ1) is 8.84. The molecule has 3 N–H and O–H groups in total. The summed E-state index contributed by atoms with van der Waals surface area (Å²) < 4.78 is 43.1. The van der Waals surface area contributed by atoms with E-state index >= 15 is 0 Å². The highest BCUT2D eigenvalue weighted by Crippen LogP contribution is 2.32. The third kappa shape index (κ3) is 4.78. The van der Waals surface area contributed by atoms with Crippen molar-refractivity contribution < 1.29 is 22.7 Å².